The third-order valence-electron chi connectivity index (χ3n) is 5.00. The monoisotopic (exact) mass is 330 g/mol. The van der Waals surface area contributed by atoms with Gasteiger partial charge in [0.15, 0.2) is 5.94 Å². The van der Waals surface area contributed by atoms with Gasteiger partial charge in [-0.3, -0.25) is 0 Å². The first-order chi connectivity index (χ1) is 11.7. The molecule has 6 heteroatoms. The molecule has 0 amide bonds. The number of ether oxygens (including phenoxy) is 2. The lowest BCUT2D eigenvalue weighted by molar-refractivity contribution is -0.135. The van der Waals surface area contributed by atoms with E-state index >= 15 is 0 Å². The van der Waals surface area contributed by atoms with Crippen LogP contribution in [0.25, 0.3) is 0 Å². The molecular weight excluding hydrogens is 308 g/mol. The molecule has 1 spiro atoms. The lowest BCUT2D eigenvalue weighted by Crippen LogP contribution is -2.40. The minimum atomic E-state index is -0.728. The van der Waals surface area contributed by atoms with Gasteiger partial charge in [0.25, 0.3) is 0 Å². The number of carbonyl (C=O) groups is 1. The number of hydrogen-bond acceptors (Lipinski definition) is 6. The third-order valence-corrected chi connectivity index (χ3v) is 5.00. The standard InChI is InChI=1S/C18H22N2O4/c1-23-17(22)16(12-21)19-14-2-4-15(5-3-14)20-9-6-18(7-10-20)8-11-24-13-18/h2-5,19H,6-11,13H2,1H3. The summed E-state index contributed by atoms with van der Waals surface area (Å²) in [6.45, 7) is 3.85. The topological polar surface area (TPSA) is 67.9 Å². The summed E-state index contributed by atoms with van der Waals surface area (Å²) < 4.78 is 10.1. The summed E-state index contributed by atoms with van der Waals surface area (Å²) in [6, 6.07) is 7.67. The second-order valence-corrected chi connectivity index (χ2v) is 6.43. The molecule has 1 aromatic carbocycles. The fourth-order valence-electron chi connectivity index (χ4n) is 3.40. The van der Waals surface area contributed by atoms with E-state index < -0.39 is 5.97 Å². The van der Waals surface area contributed by atoms with Crippen molar-refractivity contribution in [2.45, 2.75) is 19.3 Å². The first-order valence-electron chi connectivity index (χ1n) is 8.19. The summed E-state index contributed by atoms with van der Waals surface area (Å²) >= 11 is 0. The van der Waals surface area contributed by atoms with Crippen LogP contribution in [0.5, 0.6) is 0 Å². The Labute approximate surface area is 141 Å². The molecule has 128 valence electrons. The summed E-state index contributed by atoms with van der Waals surface area (Å²) in [4.78, 5) is 24.6. The molecular formula is C18H22N2O4. The van der Waals surface area contributed by atoms with Crippen LogP contribution in [0.2, 0.25) is 0 Å². The highest BCUT2D eigenvalue weighted by Gasteiger charge is 2.37. The summed E-state index contributed by atoms with van der Waals surface area (Å²) in [7, 11) is 1.23. The Kier molecular flexibility index (Phi) is 4.88. The lowest BCUT2D eigenvalue weighted by atomic mass is 9.78. The third kappa shape index (κ3) is 3.45. The molecule has 6 nitrogen and oxygen atoms in total. The molecule has 0 saturated carbocycles. The Morgan fingerprint density at radius 3 is 2.50 bits per heavy atom. The molecule has 2 fully saturated rings. The van der Waals surface area contributed by atoms with Gasteiger partial charge >= 0.3 is 5.97 Å². The largest absolute Gasteiger partial charge is 0.464 e. The van der Waals surface area contributed by atoms with E-state index in [0.29, 0.717) is 11.1 Å². The van der Waals surface area contributed by atoms with Gasteiger partial charge in [-0.15, -0.1) is 0 Å². The number of carbonyl (C=O) groups excluding carboxylic acids is 2. The Morgan fingerprint density at radius 2 is 1.96 bits per heavy atom. The number of nitrogens with zero attached hydrogens (tertiary/aromatic N) is 1. The van der Waals surface area contributed by atoms with Crippen LogP contribution in [0.4, 0.5) is 11.4 Å². The zero-order chi connectivity index (χ0) is 17.0. The fourth-order valence-corrected chi connectivity index (χ4v) is 3.40. The van der Waals surface area contributed by atoms with Crippen LogP contribution in [0.1, 0.15) is 19.3 Å². The molecule has 2 heterocycles. The van der Waals surface area contributed by atoms with E-state index in [1.165, 1.54) is 13.5 Å². The van der Waals surface area contributed by atoms with Crippen molar-refractivity contribution in [3.8, 4) is 0 Å². The van der Waals surface area contributed by atoms with Gasteiger partial charge in [0.1, 0.15) is 0 Å². The number of benzene rings is 1. The van der Waals surface area contributed by atoms with Crippen molar-refractivity contribution >= 4 is 23.3 Å². The molecule has 2 saturated heterocycles. The molecule has 0 atom stereocenters. The van der Waals surface area contributed by atoms with Gasteiger partial charge in [-0.1, -0.05) is 0 Å². The number of piperidine rings is 1. The van der Waals surface area contributed by atoms with Crippen LogP contribution in [-0.2, 0) is 19.1 Å². The Hall–Kier alpha value is -2.30. The molecule has 1 aromatic rings. The van der Waals surface area contributed by atoms with Crippen LogP contribution in [0, 0.1) is 5.41 Å². The van der Waals surface area contributed by atoms with Crippen LogP contribution in [-0.4, -0.2) is 45.3 Å². The minimum Gasteiger partial charge on any atom is -0.464 e. The van der Waals surface area contributed by atoms with Gasteiger partial charge in [0.05, 0.1) is 13.7 Å². The van der Waals surface area contributed by atoms with Crippen LogP contribution in [0.15, 0.2) is 30.0 Å². The summed E-state index contributed by atoms with van der Waals surface area (Å²) in [5.41, 5.74) is 1.96. The molecule has 1 N–H and O–H groups in total. The summed E-state index contributed by atoms with van der Waals surface area (Å²) in [6.07, 6.45) is 3.50. The van der Waals surface area contributed by atoms with Crippen molar-refractivity contribution in [3.05, 3.63) is 30.0 Å². The average molecular weight is 330 g/mol. The molecule has 2 aliphatic heterocycles. The second kappa shape index (κ2) is 7.07. The molecule has 0 aromatic heterocycles. The lowest BCUT2D eigenvalue weighted by Gasteiger charge is -2.39. The van der Waals surface area contributed by atoms with Gasteiger partial charge < -0.3 is 19.7 Å². The highest BCUT2D eigenvalue weighted by Crippen LogP contribution is 2.40. The Morgan fingerprint density at radius 1 is 1.25 bits per heavy atom. The van der Waals surface area contributed by atoms with E-state index in [-0.39, 0.29) is 5.70 Å². The maximum absolute atomic E-state index is 11.4. The van der Waals surface area contributed by atoms with E-state index in [0.717, 1.165) is 44.8 Å². The van der Waals surface area contributed by atoms with Crippen LogP contribution < -0.4 is 10.2 Å². The van der Waals surface area contributed by atoms with Gasteiger partial charge in [0, 0.05) is 31.1 Å². The van der Waals surface area contributed by atoms with Crippen molar-refractivity contribution in [2.75, 3.05) is 43.6 Å². The number of anilines is 2. The molecule has 0 radical (unpaired) electrons. The van der Waals surface area contributed by atoms with E-state index in [9.17, 15) is 9.59 Å². The van der Waals surface area contributed by atoms with Gasteiger partial charge in [0.2, 0.25) is 5.70 Å². The predicted octanol–water partition coefficient (Wildman–Crippen LogP) is 1.99. The maximum Gasteiger partial charge on any atom is 0.366 e. The highest BCUT2D eigenvalue weighted by atomic mass is 16.5. The number of rotatable bonds is 4. The molecule has 2 aliphatic rings. The number of nitrogens with one attached hydrogen (secondary N) is 1. The van der Waals surface area contributed by atoms with Gasteiger partial charge in [-0.2, -0.15) is 0 Å². The van der Waals surface area contributed by atoms with Crippen molar-refractivity contribution in [1.82, 2.24) is 0 Å². The maximum atomic E-state index is 11.4. The normalized spacial score (nSPS) is 19.0. The summed E-state index contributed by atoms with van der Waals surface area (Å²) in [5, 5.41) is 2.73. The first-order valence-corrected chi connectivity index (χ1v) is 8.19. The van der Waals surface area contributed by atoms with E-state index in [4.69, 9.17) is 4.74 Å². The quantitative estimate of drug-likeness (QED) is 0.517. The molecule has 0 bridgehead atoms. The number of hydrogen-bond donors (Lipinski definition) is 1. The second-order valence-electron chi connectivity index (χ2n) is 6.43. The SMILES string of the molecule is COC(=O)C(=C=O)Nc1ccc(N2CCC3(CCOC3)CC2)cc1. The minimum absolute atomic E-state index is 0.230. The molecule has 0 aliphatic carbocycles. The Bertz CT molecular complexity index is 633. The van der Waals surface area contributed by atoms with Gasteiger partial charge in [-0.25, -0.2) is 9.59 Å². The van der Waals surface area contributed by atoms with Crippen LogP contribution >= 0.6 is 0 Å². The smallest absolute Gasteiger partial charge is 0.366 e. The van der Waals surface area contributed by atoms with Crippen molar-refractivity contribution in [2.24, 2.45) is 5.41 Å². The zero-order valence-corrected chi connectivity index (χ0v) is 13.8. The Balaban J connectivity index is 1.61. The number of esters is 1. The first kappa shape index (κ1) is 16.6. The molecule has 3 rings (SSSR count). The van der Waals surface area contributed by atoms with E-state index in [2.05, 4.69) is 15.0 Å². The van der Waals surface area contributed by atoms with Crippen molar-refractivity contribution < 1.29 is 19.1 Å². The molecule has 24 heavy (non-hydrogen) atoms. The van der Waals surface area contributed by atoms with Crippen molar-refractivity contribution in [3.63, 3.8) is 0 Å². The van der Waals surface area contributed by atoms with Gasteiger partial charge in [-0.05, 0) is 48.9 Å². The van der Waals surface area contributed by atoms with E-state index in [1.54, 1.807) is 5.94 Å². The summed E-state index contributed by atoms with van der Waals surface area (Å²) in [5.74, 6) is 0.838. The number of methoxy groups -OCH3 is 1. The molecule has 0 unspecified atom stereocenters. The van der Waals surface area contributed by atoms with E-state index in [1.807, 2.05) is 24.3 Å². The average Bonchev–Trinajstić information content (AvgIpc) is 3.08. The zero-order valence-electron chi connectivity index (χ0n) is 13.8. The fraction of sp³-hybridized carbons (Fsp3) is 0.500. The predicted molar refractivity (Wildman–Crippen MR) is 90.6 cm³/mol. The van der Waals surface area contributed by atoms with Crippen molar-refractivity contribution in [1.29, 1.82) is 0 Å². The highest BCUT2D eigenvalue weighted by molar-refractivity contribution is 5.99. The van der Waals surface area contributed by atoms with Crippen LogP contribution in [0.3, 0.4) is 0 Å².